The average Bonchev–Trinajstić information content (AvgIpc) is 2.26. The van der Waals surface area contributed by atoms with Gasteiger partial charge in [-0.15, -0.1) is 0 Å². The maximum Gasteiger partial charge on any atom is 0.127 e. The van der Waals surface area contributed by atoms with Gasteiger partial charge in [0, 0.05) is 5.56 Å². The third kappa shape index (κ3) is 1.82. The Morgan fingerprint density at radius 1 is 1.36 bits per heavy atom. The first-order valence-corrected chi connectivity index (χ1v) is 5.12. The molecule has 73 valence electrons. The molecule has 1 aliphatic heterocycles. The number of hydrogen-bond acceptors (Lipinski definition) is 1. The summed E-state index contributed by atoms with van der Waals surface area (Å²) < 4.78 is 5.54. The maximum atomic E-state index is 5.54. The third-order valence-electron chi connectivity index (χ3n) is 2.47. The van der Waals surface area contributed by atoms with Crippen LogP contribution in [0, 0.1) is 6.92 Å². The van der Waals surface area contributed by atoms with E-state index in [1.165, 1.54) is 11.1 Å². The lowest BCUT2D eigenvalue weighted by atomic mass is 10.00. The third-order valence-corrected chi connectivity index (χ3v) is 2.47. The molecule has 1 heterocycles. The van der Waals surface area contributed by atoms with Crippen LogP contribution in [0.15, 0.2) is 24.3 Å². The molecule has 0 saturated heterocycles. The van der Waals surface area contributed by atoms with Crippen LogP contribution in [0.25, 0.3) is 6.08 Å². The SMILES string of the molecule is [CH2]CCCc1cccc2c1C=CCO2. The van der Waals surface area contributed by atoms with E-state index in [4.69, 9.17) is 4.74 Å². The normalized spacial score (nSPS) is 13.5. The van der Waals surface area contributed by atoms with Crippen molar-refractivity contribution in [3.8, 4) is 5.75 Å². The molecule has 1 aromatic carbocycles. The second-order valence-electron chi connectivity index (χ2n) is 3.50. The van der Waals surface area contributed by atoms with Gasteiger partial charge in [-0.1, -0.05) is 31.6 Å². The van der Waals surface area contributed by atoms with Gasteiger partial charge in [0.05, 0.1) is 0 Å². The Bertz CT molecular complexity index is 339. The van der Waals surface area contributed by atoms with Crippen molar-refractivity contribution < 1.29 is 4.74 Å². The van der Waals surface area contributed by atoms with Gasteiger partial charge >= 0.3 is 0 Å². The van der Waals surface area contributed by atoms with Crippen LogP contribution in [-0.4, -0.2) is 6.61 Å². The molecule has 0 saturated carbocycles. The molecule has 1 nitrogen and oxygen atoms in total. The summed E-state index contributed by atoms with van der Waals surface area (Å²) in [5.41, 5.74) is 2.63. The summed E-state index contributed by atoms with van der Waals surface area (Å²) in [6.45, 7) is 4.56. The van der Waals surface area contributed by atoms with Crippen LogP contribution in [0.2, 0.25) is 0 Å². The fraction of sp³-hybridized carbons (Fsp3) is 0.308. The van der Waals surface area contributed by atoms with E-state index in [-0.39, 0.29) is 0 Å². The van der Waals surface area contributed by atoms with Gasteiger partial charge in [0.2, 0.25) is 0 Å². The van der Waals surface area contributed by atoms with Gasteiger partial charge in [-0.2, -0.15) is 0 Å². The summed E-state index contributed by atoms with van der Waals surface area (Å²) in [7, 11) is 0. The number of benzene rings is 1. The average molecular weight is 187 g/mol. The van der Waals surface area contributed by atoms with Gasteiger partial charge in [0.1, 0.15) is 12.4 Å². The first-order valence-electron chi connectivity index (χ1n) is 5.12. The Labute approximate surface area is 85.4 Å². The topological polar surface area (TPSA) is 9.23 Å². The molecule has 0 atom stereocenters. The Kier molecular flexibility index (Phi) is 2.87. The van der Waals surface area contributed by atoms with Crippen LogP contribution in [0.3, 0.4) is 0 Å². The lowest BCUT2D eigenvalue weighted by Gasteiger charge is -2.15. The first kappa shape index (κ1) is 9.32. The molecule has 1 aromatic rings. The summed E-state index contributed by atoms with van der Waals surface area (Å²) in [5, 5.41) is 0. The van der Waals surface area contributed by atoms with Crippen molar-refractivity contribution in [1.82, 2.24) is 0 Å². The van der Waals surface area contributed by atoms with Gasteiger partial charge < -0.3 is 4.74 Å². The van der Waals surface area contributed by atoms with E-state index in [0.717, 1.165) is 25.0 Å². The van der Waals surface area contributed by atoms with E-state index in [0.29, 0.717) is 6.61 Å². The van der Waals surface area contributed by atoms with Crippen LogP contribution < -0.4 is 4.74 Å². The van der Waals surface area contributed by atoms with E-state index in [9.17, 15) is 0 Å². The lowest BCUT2D eigenvalue weighted by molar-refractivity contribution is 0.358. The van der Waals surface area contributed by atoms with Gasteiger partial charge in [0.25, 0.3) is 0 Å². The van der Waals surface area contributed by atoms with E-state index < -0.39 is 0 Å². The zero-order valence-electron chi connectivity index (χ0n) is 8.33. The fourth-order valence-electron chi connectivity index (χ4n) is 1.74. The lowest BCUT2D eigenvalue weighted by Crippen LogP contribution is -2.02. The highest BCUT2D eigenvalue weighted by Gasteiger charge is 2.08. The van der Waals surface area contributed by atoms with Crippen LogP contribution in [0.5, 0.6) is 5.75 Å². The highest BCUT2D eigenvalue weighted by atomic mass is 16.5. The summed E-state index contributed by atoms with van der Waals surface area (Å²) in [4.78, 5) is 0. The van der Waals surface area contributed by atoms with Crippen LogP contribution >= 0.6 is 0 Å². The molecule has 1 heteroatoms. The zero-order chi connectivity index (χ0) is 9.80. The molecule has 0 amide bonds. The molecule has 0 N–H and O–H groups in total. The van der Waals surface area contributed by atoms with Crippen molar-refractivity contribution in [1.29, 1.82) is 0 Å². The van der Waals surface area contributed by atoms with Crippen molar-refractivity contribution in [2.24, 2.45) is 0 Å². The van der Waals surface area contributed by atoms with E-state index in [2.05, 4.69) is 31.2 Å². The molecule has 0 unspecified atom stereocenters. The minimum atomic E-state index is 0.700. The van der Waals surface area contributed by atoms with E-state index in [1.807, 2.05) is 6.07 Å². The number of ether oxygens (including phenoxy) is 1. The number of aryl methyl sites for hydroxylation is 1. The van der Waals surface area contributed by atoms with Gasteiger partial charge in [0.15, 0.2) is 0 Å². The molecule has 0 aliphatic carbocycles. The highest BCUT2D eigenvalue weighted by Crippen LogP contribution is 2.27. The predicted octanol–water partition coefficient (Wildman–Crippen LogP) is 3.25. The molecule has 0 spiro atoms. The van der Waals surface area contributed by atoms with Crippen molar-refractivity contribution in [3.05, 3.63) is 42.3 Å². The summed E-state index contributed by atoms with van der Waals surface area (Å²) in [5.74, 6) is 1.02. The highest BCUT2D eigenvalue weighted by molar-refractivity contribution is 5.63. The minimum Gasteiger partial charge on any atom is -0.489 e. The molecule has 0 fully saturated rings. The van der Waals surface area contributed by atoms with Crippen molar-refractivity contribution >= 4 is 6.08 Å². The Morgan fingerprint density at radius 3 is 3.14 bits per heavy atom. The number of fused-ring (bicyclic) bond motifs is 1. The van der Waals surface area contributed by atoms with Gasteiger partial charge in [-0.05, 0) is 30.5 Å². The molecule has 0 bridgehead atoms. The van der Waals surface area contributed by atoms with Crippen molar-refractivity contribution in [3.63, 3.8) is 0 Å². The molecule has 1 radical (unpaired) electrons. The van der Waals surface area contributed by atoms with Crippen LogP contribution in [0.1, 0.15) is 24.0 Å². The molecule has 14 heavy (non-hydrogen) atoms. The molecule has 0 aromatic heterocycles. The number of rotatable bonds is 3. The van der Waals surface area contributed by atoms with Crippen LogP contribution in [0.4, 0.5) is 0 Å². The van der Waals surface area contributed by atoms with E-state index >= 15 is 0 Å². The Morgan fingerprint density at radius 2 is 2.29 bits per heavy atom. The molecule has 1 aliphatic rings. The number of hydrogen-bond donors (Lipinski definition) is 0. The second-order valence-corrected chi connectivity index (χ2v) is 3.50. The fourth-order valence-corrected chi connectivity index (χ4v) is 1.74. The quantitative estimate of drug-likeness (QED) is 0.705. The molecule has 2 rings (SSSR count). The molecular formula is C13H15O. The monoisotopic (exact) mass is 187 g/mol. The summed E-state index contributed by atoms with van der Waals surface area (Å²) in [6.07, 6.45) is 7.46. The largest absolute Gasteiger partial charge is 0.489 e. The predicted molar refractivity (Wildman–Crippen MR) is 59.3 cm³/mol. The van der Waals surface area contributed by atoms with Crippen LogP contribution in [-0.2, 0) is 6.42 Å². The minimum absolute atomic E-state index is 0.700. The summed E-state index contributed by atoms with van der Waals surface area (Å²) >= 11 is 0. The summed E-state index contributed by atoms with van der Waals surface area (Å²) in [6, 6.07) is 6.27. The molecular weight excluding hydrogens is 172 g/mol. The smallest absolute Gasteiger partial charge is 0.127 e. The van der Waals surface area contributed by atoms with Crippen molar-refractivity contribution in [2.45, 2.75) is 19.3 Å². The second kappa shape index (κ2) is 4.32. The standard InChI is InChI=1S/C13H15O/c1-2-3-6-11-7-4-9-13-12(11)8-5-10-14-13/h4-5,7-9H,1-3,6,10H2. The number of unbranched alkanes of at least 4 members (excludes halogenated alkanes) is 1. The van der Waals surface area contributed by atoms with Gasteiger partial charge in [-0.25, -0.2) is 0 Å². The van der Waals surface area contributed by atoms with Gasteiger partial charge in [-0.3, -0.25) is 0 Å². The maximum absolute atomic E-state index is 5.54. The first-order chi connectivity index (χ1) is 6.92. The Hall–Kier alpha value is -1.24. The van der Waals surface area contributed by atoms with E-state index in [1.54, 1.807) is 0 Å². The zero-order valence-corrected chi connectivity index (χ0v) is 8.33. The van der Waals surface area contributed by atoms with Crippen molar-refractivity contribution in [2.75, 3.05) is 6.61 Å². The Balaban J connectivity index is 2.28.